The van der Waals surface area contributed by atoms with Gasteiger partial charge >= 0.3 is 12.0 Å². The van der Waals surface area contributed by atoms with E-state index >= 15 is 0 Å². The third-order valence-corrected chi connectivity index (χ3v) is 3.41. The van der Waals surface area contributed by atoms with Crippen LogP contribution in [-0.4, -0.2) is 30.2 Å². The molecule has 3 N–H and O–H groups in total. The van der Waals surface area contributed by atoms with E-state index < -0.39 is 5.97 Å². The van der Waals surface area contributed by atoms with Gasteiger partial charge in [-0.1, -0.05) is 41.9 Å². The molecule has 1 rings (SSSR count). The van der Waals surface area contributed by atoms with E-state index in [9.17, 15) is 9.59 Å². The first-order chi connectivity index (χ1) is 9.31. The van der Waals surface area contributed by atoms with Crippen LogP contribution < -0.4 is 10.6 Å². The number of carboxylic acid groups (broad SMARTS) is 1. The van der Waals surface area contributed by atoms with Gasteiger partial charge in [-0.25, -0.2) is 4.79 Å². The van der Waals surface area contributed by atoms with Gasteiger partial charge in [0.1, 0.15) is 0 Å². The molecule has 0 aliphatic carbocycles. The lowest BCUT2D eigenvalue weighted by Crippen LogP contribution is -2.42. The number of halogens is 1. The first-order valence-electron chi connectivity index (χ1n) is 6.31. The number of amides is 2. The van der Waals surface area contributed by atoms with Crippen molar-refractivity contribution in [2.75, 3.05) is 13.1 Å². The van der Waals surface area contributed by atoms with Gasteiger partial charge in [0.25, 0.3) is 0 Å². The summed E-state index contributed by atoms with van der Waals surface area (Å²) in [6.07, 6.45) is -0.0809. The van der Waals surface area contributed by atoms with Gasteiger partial charge < -0.3 is 15.7 Å². The lowest BCUT2D eigenvalue weighted by molar-refractivity contribution is -0.136. The molecule has 0 radical (unpaired) electrons. The molecule has 0 aliphatic heterocycles. The fraction of sp³-hybridized carbons (Fsp3) is 0.429. The van der Waals surface area contributed by atoms with Crippen molar-refractivity contribution < 1.29 is 14.7 Å². The van der Waals surface area contributed by atoms with E-state index in [1.807, 2.05) is 38.1 Å². The Hall–Kier alpha value is -1.56. The molecule has 0 atom stereocenters. The van der Waals surface area contributed by atoms with Gasteiger partial charge in [0.05, 0.1) is 6.42 Å². The number of carbonyl (C=O) groups is 2. The summed E-state index contributed by atoms with van der Waals surface area (Å²) < 4.78 is 0.994. The summed E-state index contributed by atoms with van der Waals surface area (Å²) >= 11 is 3.43. The van der Waals surface area contributed by atoms with Crippen molar-refractivity contribution in [3.8, 4) is 0 Å². The highest BCUT2D eigenvalue weighted by Crippen LogP contribution is 2.24. The predicted molar refractivity (Wildman–Crippen MR) is 80.8 cm³/mol. The molecule has 1 aromatic carbocycles. The molecule has 1 aromatic rings. The molecular weight excluding hydrogens is 324 g/mol. The van der Waals surface area contributed by atoms with Gasteiger partial charge in [0.15, 0.2) is 0 Å². The van der Waals surface area contributed by atoms with Crippen molar-refractivity contribution in [2.45, 2.75) is 25.7 Å². The summed E-state index contributed by atoms with van der Waals surface area (Å²) in [5, 5.41) is 13.7. The maximum atomic E-state index is 11.5. The summed E-state index contributed by atoms with van der Waals surface area (Å²) in [4.78, 5) is 21.9. The Kier molecular flexibility index (Phi) is 6.01. The van der Waals surface area contributed by atoms with Crippen molar-refractivity contribution in [3.63, 3.8) is 0 Å². The normalized spacial score (nSPS) is 10.9. The highest BCUT2D eigenvalue weighted by molar-refractivity contribution is 9.10. The zero-order valence-electron chi connectivity index (χ0n) is 11.6. The molecule has 0 spiro atoms. The van der Waals surface area contributed by atoms with Gasteiger partial charge in [-0.2, -0.15) is 0 Å². The minimum Gasteiger partial charge on any atom is -0.481 e. The van der Waals surface area contributed by atoms with Crippen molar-refractivity contribution >= 4 is 27.9 Å². The number of urea groups is 1. The standard InChI is InChI=1S/C14H19BrN2O3/c1-14(2,10-4-3-5-11(15)8-10)9-17-13(20)16-7-6-12(18)19/h3-5,8H,6-7,9H2,1-2H3,(H,18,19)(H2,16,17,20). The number of hydrogen-bond donors (Lipinski definition) is 3. The van der Waals surface area contributed by atoms with Crippen LogP contribution in [0.2, 0.25) is 0 Å². The SMILES string of the molecule is CC(C)(CNC(=O)NCCC(=O)O)c1cccc(Br)c1. The summed E-state index contributed by atoms with van der Waals surface area (Å²) in [6.45, 7) is 4.65. The fourth-order valence-corrected chi connectivity index (χ4v) is 2.06. The molecule has 0 unspecified atom stereocenters. The molecule has 0 heterocycles. The Labute approximate surface area is 126 Å². The molecule has 0 aliphatic rings. The quantitative estimate of drug-likeness (QED) is 0.743. The Morgan fingerprint density at radius 1 is 1.30 bits per heavy atom. The lowest BCUT2D eigenvalue weighted by atomic mass is 9.85. The summed E-state index contributed by atoms with van der Waals surface area (Å²) in [5.41, 5.74) is 0.895. The average molecular weight is 343 g/mol. The number of rotatable bonds is 6. The van der Waals surface area contributed by atoms with Crippen LogP contribution in [0.1, 0.15) is 25.8 Å². The first kappa shape index (κ1) is 16.5. The minimum atomic E-state index is -0.931. The molecule has 2 amide bonds. The molecule has 20 heavy (non-hydrogen) atoms. The lowest BCUT2D eigenvalue weighted by Gasteiger charge is -2.26. The topological polar surface area (TPSA) is 78.4 Å². The second kappa shape index (κ2) is 7.28. The monoisotopic (exact) mass is 342 g/mol. The average Bonchev–Trinajstić information content (AvgIpc) is 2.36. The van der Waals surface area contributed by atoms with Crippen molar-refractivity contribution in [1.82, 2.24) is 10.6 Å². The molecule has 0 bridgehead atoms. The number of benzene rings is 1. The van der Waals surface area contributed by atoms with Crippen molar-refractivity contribution in [3.05, 3.63) is 34.3 Å². The van der Waals surface area contributed by atoms with Crippen molar-refractivity contribution in [1.29, 1.82) is 0 Å². The molecule has 0 aromatic heterocycles. The molecule has 6 heteroatoms. The molecular formula is C14H19BrN2O3. The smallest absolute Gasteiger partial charge is 0.314 e. The van der Waals surface area contributed by atoms with Crippen LogP contribution in [-0.2, 0) is 10.2 Å². The van der Waals surface area contributed by atoms with E-state index in [0.717, 1.165) is 10.0 Å². The summed E-state index contributed by atoms with van der Waals surface area (Å²) in [5.74, 6) is -0.931. The van der Waals surface area contributed by atoms with E-state index in [1.165, 1.54) is 0 Å². The van der Waals surface area contributed by atoms with Crippen LogP contribution in [0.15, 0.2) is 28.7 Å². The Morgan fingerprint density at radius 3 is 2.60 bits per heavy atom. The highest BCUT2D eigenvalue weighted by Gasteiger charge is 2.21. The highest BCUT2D eigenvalue weighted by atomic mass is 79.9. The summed E-state index contributed by atoms with van der Waals surface area (Å²) in [6, 6.07) is 7.58. The maximum absolute atomic E-state index is 11.5. The largest absolute Gasteiger partial charge is 0.481 e. The second-order valence-corrected chi connectivity index (χ2v) is 6.06. The van der Waals surface area contributed by atoms with E-state index in [1.54, 1.807) is 0 Å². The van der Waals surface area contributed by atoms with Gasteiger partial charge in [0.2, 0.25) is 0 Å². The Balaban J connectivity index is 2.47. The van der Waals surface area contributed by atoms with Crippen LogP contribution in [0.25, 0.3) is 0 Å². The van der Waals surface area contributed by atoms with Gasteiger partial charge in [-0.15, -0.1) is 0 Å². The third-order valence-electron chi connectivity index (χ3n) is 2.92. The predicted octanol–water partition coefficient (Wildman–Crippen LogP) is 2.50. The van der Waals surface area contributed by atoms with E-state index in [-0.39, 0.29) is 24.4 Å². The number of nitrogens with one attached hydrogen (secondary N) is 2. The maximum Gasteiger partial charge on any atom is 0.314 e. The molecule has 0 saturated carbocycles. The first-order valence-corrected chi connectivity index (χ1v) is 7.10. The minimum absolute atomic E-state index is 0.0809. The number of aliphatic carboxylic acids is 1. The zero-order chi connectivity index (χ0) is 15.2. The van der Waals surface area contributed by atoms with Crippen LogP contribution >= 0.6 is 15.9 Å². The summed E-state index contributed by atoms with van der Waals surface area (Å²) in [7, 11) is 0. The molecule has 0 fully saturated rings. The third kappa shape index (κ3) is 5.61. The Morgan fingerprint density at radius 2 is 2.00 bits per heavy atom. The number of carboxylic acids is 1. The van der Waals surface area contributed by atoms with E-state index in [2.05, 4.69) is 26.6 Å². The zero-order valence-corrected chi connectivity index (χ0v) is 13.2. The van der Waals surface area contributed by atoms with Crippen molar-refractivity contribution in [2.24, 2.45) is 0 Å². The molecule has 5 nitrogen and oxygen atoms in total. The van der Waals surface area contributed by atoms with Gasteiger partial charge in [-0.05, 0) is 17.7 Å². The van der Waals surface area contributed by atoms with E-state index in [0.29, 0.717) is 6.54 Å². The van der Waals surface area contributed by atoms with Gasteiger partial charge in [0, 0.05) is 23.0 Å². The van der Waals surface area contributed by atoms with Gasteiger partial charge in [-0.3, -0.25) is 4.79 Å². The fourth-order valence-electron chi connectivity index (χ4n) is 1.66. The van der Waals surface area contributed by atoms with Crippen LogP contribution in [0, 0.1) is 0 Å². The molecule has 110 valence electrons. The number of carbonyl (C=O) groups excluding carboxylic acids is 1. The van der Waals surface area contributed by atoms with Crippen LogP contribution in [0.4, 0.5) is 4.79 Å². The number of hydrogen-bond acceptors (Lipinski definition) is 2. The van der Waals surface area contributed by atoms with E-state index in [4.69, 9.17) is 5.11 Å². The van der Waals surface area contributed by atoms with Crippen LogP contribution in [0.3, 0.4) is 0 Å². The Bertz CT molecular complexity index is 489. The second-order valence-electron chi connectivity index (χ2n) is 5.15. The molecule has 0 saturated heterocycles. The van der Waals surface area contributed by atoms with Crippen LogP contribution in [0.5, 0.6) is 0 Å².